The van der Waals surface area contributed by atoms with Gasteiger partial charge < -0.3 is 9.80 Å². The normalized spacial score (nSPS) is 14.1. The van der Waals surface area contributed by atoms with Crippen LogP contribution in [-0.4, -0.2) is 67.0 Å². The van der Waals surface area contributed by atoms with Gasteiger partial charge >= 0.3 is 0 Å². The molecule has 0 radical (unpaired) electrons. The van der Waals surface area contributed by atoms with Crippen LogP contribution in [0.4, 0.5) is 5.13 Å². The highest BCUT2D eigenvalue weighted by atomic mass is 79.9. The Kier molecular flexibility index (Phi) is 15.8. The van der Waals surface area contributed by atoms with Crippen molar-refractivity contribution in [1.82, 2.24) is 14.8 Å². The molecule has 1 aromatic rings. The second kappa shape index (κ2) is 14.4. The van der Waals surface area contributed by atoms with Crippen molar-refractivity contribution in [2.45, 2.75) is 33.1 Å². The molecule has 9 heteroatoms. The highest BCUT2D eigenvalue weighted by Gasteiger charge is 2.18. The number of amides is 1. The molecule has 148 valence electrons. The highest BCUT2D eigenvalue weighted by molar-refractivity contribution is 8.93. The van der Waals surface area contributed by atoms with Crippen LogP contribution in [0.2, 0.25) is 0 Å². The molecule has 2 rings (SSSR count). The minimum atomic E-state index is 0. The van der Waals surface area contributed by atoms with E-state index in [1.165, 1.54) is 17.8 Å². The van der Waals surface area contributed by atoms with Crippen LogP contribution in [0, 0.1) is 0 Å². The Morgan fingerprint density at radius 2 is 1.84 bits per heavy atom. The number of carbonyl (C=O) groups excluding carboxylic acids is 1. The second-order valence-corrected chi connectivity index (χ2v) is 6.95. The molecule has 0 aromatic carbocycles. The molecule has 1 fully saturated rings. The number of aromatic nitrogens is 1. The number of thiazole rings is 1. The molecule has 1 aromatic heterocycles. The van der Waals surface area contributed by atoms with E-state index in [1.54, 1.807) is 11.3 Å². The zero-order valence-corrected chi connectivity index (χ0v) is 21.2. The number of piperazine rings is 1. The average Bonchev–Trinajstić information content (AvgIpc) is 3.01. The summed E-state index contributed by atoms with van der Waals surface area (Å²) < 4.78 is 0. The van der Waals surface area contributed by atoms with Crippen LogP contribution in [0.15, 0.2) is 6.20 Å². The van der Waals surface area contributed by atoms with Gasteiger partial charge in [-0.2, -0.15) is 0 Å². The lowest BCUT2D eigenvalue weighted by molar-refractivity contribution is -0.129. The molecule has 0 N–H and O–H groups in total. The molecule has 1 aliphatic heterocycles. The number of nitrogens with zero attached hydrogens (tertiary/aromatic N) is 4. The van der Waals surface area contributed by atoms with Crippen LogP contribution in [-0.2, 0) is 11.2 Å². The zero-order valence-electron chi connectivity index (χ0n) is 15.3. The topological polar surface area (TPSA) is 39.7 Å². The Balaban J connectivity index is 0. The minimum Gasteiger partial charge on any atom is -0.346 e. The standard InChI is InChI=1S/C16H28N4OS.3BrH/c1-4-7-19-9-11-20(12-10-19)16-17-13-14(22-16)6-8-18(3)15(21)5-2;;;/h13H,4-12H2,1-3H3;3*1H. The van der Waals surface area contributed by atoms with Crippen LogP contribution in [0.5, 0.6) is 0 Å². The summed E-state index contributed by atoms with van der Waals surface area (Å²) in [4.78, 5) is 24.1. The van der Waals surface area contributed by atoms with Crippen LogP contribution >= 0.6 is 62.3 Å². The van der Waals surface area contributed by atoms with Gasteiger partial charge in [-0.25, -0.2) is 4.98 Å². The average molecular weight is 567 g/mol. The van der Waals surface area contributed by atoms with Gasteiger partial charge in [0, 0.05) is 63.7 Å². The fourth-order valence-electron chi connectivity index (χ4n) is 2.71. The summed E-state index contributed by atoms with van der Waals surface area (Å²) in [6, 6.07) is 0. The molecule has 0 unspecified atom stereocenters. The molecule has 5 nitrogen and oxygen atoms in total. The Bertz CT molecular complexity index is 482. The molecule has 0 aliphatic carbocycles. The first-order valence-electron chi connectivity index (χ1n) is 8.30. The largest absolute Gasteiger partial charge is 0.346 e. The van der Waals surface area contributed by atoms with Crippen molar-refractivity contribution in [1.29, 1.82) is 0 Å². The lowest BCUT2D eigenvalue weighted by atomic mass is 10.3. The minimum absolute atomic E-state index is 0. The molecule has 0 saturated carbocycles. The van der Waals surface area contributed by atoms with E-state index in [0.717, 1.165) is 44.3 Å². The van der Waals surface area contributed by atoms with Gasteiger partial charge in [-0.05, 0) is 13.0 Å². The van der Waals surface area contributed by atoms with Crippen molar-refractivity contribution < 1.29 is 4.79 Å². The number of hydrogen-bond acceptors (Lipinski definition) is 5. The van der Waals surface area contributed by atoms with Crippen LogP contribution in [0.25, 0.3) is 0 Å². The maximum atomic E-state index is 11.6. The Morgan fingerprint density at radius 3 is 2.40 bits per heavy atom. The first-order chi connectivity index (χ1) is 10.6. The molecule has 2 heterocycles. The van der Waals surface area contributed by atoms with Crippen molar-refractivity contribution in [3.05, 3.63) is 11.1 Å². The maximum Gasteiger partial charge on any atom is 0.222 e. The van der Waals surface area contributed by atoms with Crippen LogP contribution in [0.1, 0.15) is 31.6 Å². The number of hydrogen-bond donors (Lipinski definition) is 0. The third-order valence-electron chi connectivity index (χ3n) is 4.15. The van der Waals surface area contributed by atoms with Crippen molar-refractivity contribution in [3.63, 3.8) is 0 Å². The fourth-order valence-corrected chi connectivity index (χ4v) is 3.66. The van der Waals surface area contributed by atoms with E-state index < -0.39 is 0 Å². The lowest BCUT2D eigenvalue weighted by Crippen LogP contribution is -2.46. The van der Waals surface area contributed by atoms with E-state index in [0.29, 0.717) is 6.42 Å². The first-order valence-corrected chi connectivity index (χ1v) is 9.11. The summed E-state index contributed by atoms with van der Waals surface area (Å²) >= 11 is 1.77. The van der Waals surface area contributed by atoms with Gasteiger partial charge in [0.2, 0.25) is 5.91 Å². The zero-order chi connectivity index (χ0) is 15.9. The monoisotopic (exact) mass is 564 g/mol. The number of likely N-dealkylation sites (N-methyl/N-ethyl adjacent to an activating group) is 1. The molecule has 1 saturated heterocycles. The third kappa shape index (κ3) is 8.69. The quantitative estimate of drug-likeness (QED) is 0.503. The van der Waals surface area contributed by atoms with E-state index in [2.05, 4.69) is 21.7 Å². The van der Waals surface area contributed by atoms with Crippen LogP contribution in [0.3, 0.4) is 0 Å². The Morgan fingerprint density at radius 1 is 1.20 bits per heavy atom. The summed E-state index contributed by atoms with van der Waals surface area (Å²) in [6.07, 6.45) is 4.68. The summed E-state index contributed by atoms with van der Waals surface area (Å²) in [5.74, 6) is 0.205. The third-order valence-corrected chi connectivity index (χ3v) is 5.26. The van der Waals surface area contributed by atoms with E-state index in [-0.39, 0.29) is 56.9 Å². The number of carbonyl (C=O) groups is 1. The van der Waals surface area contributed by atoms with Gasteiger partial charge in [0.05, 0.1) is 0 Å². The SMILES string of the molecule is Br.Br.Br.CCCN1CCN(c2ncc(CCN(C)C(=O)CC)s2)CC1. The van der Waals surface area contributed by atoms with Crippen molar-refractivity contribution >= 4 is 73.3 Å². The van der Waals surface area contributed by atoms with Crippen molar-refractivity contribution in [2.24, 2.45) is 0 Å². The molecular formula is C16H31Br3N4OS. The predicted molar refractivity (Wildman–Crippen MR) is 124 cm³/mol. The predicted octanol–water partition coefficient (Wildman–Crippen LogP) is 3.82. The number of halogens is 3. The van der Waals surface area contributed by atoms with E-state index in [4.69, 9.17) is 0 Å². The summed E-state index contributed by atoms with van der Waals surface area (Å²) in [6.45, 7) is 10.5. The summed E-state index contributed by atoms with van der Waals surface area (Å²) in [5.41, 5.74) is 0. The second-order valence-electron chi connectivity index (χ2n) is 5.86. The summed E-state index contributed by atoms with van der Waals surface area (Å²) in [5, 5.41) is 1.13. The van der Waals surface area contributed by atoms with Gasteiger partial charge in [-0.15, -0.1) is 62.3 Å². The molecule has 0 atom stereocenters. The molecule has 0 spiro atoms. The fraction of sp³-hybridized carbons (Fsp3) is 0.750. The van der Waals surface area contributed by atoms with Crippen molar-refractivity contribution in [3.8, 4) is 0 Å². The van der Waals surface area contributed by atoms with Gasteiger partial charge in [-0.3, -0.25) is 9.69 Å². The van der Waals surface area contributed by atoms with E-state index in [9.17, 15) is 4.79 Å². The van der Waals surface area contributed by atoms with Gasteiger partial charge in [0.1, 0.15) is 0 Å². The van der Waals surface area contributed by atoms with E-state index >= 15 is 0 Å². The van der Waals surface area contributed by atoms with Crippen molar-refractivity contribution in [2.75, 3.05) is 51.2 Å². The smallest absolute Gasteiger partial charge is 0.222 e. The van der Waals surface area contributed by atoms with E-state index in [1.807, 2.05) is 25.1 Å². The van der Waals surface area contributed by atoms with Gasteiger partial charge in [-0.1, -0.05) is 13.8 Å². The Hall–Kier alpha value is 0.300. The number of anilines is 1. The molecule has 25 heavy (non-hydrogen) atoms. The molecule has 1 aliphatic rings. The van der Waals surface area contributed by atoms with Crippen LogP contribution < -0.4 is 4.90 Å². The number of rotatable bonds is 7. The van der Waals surface area contributed by atoms with Gasteiger partial charge in [0.25, 0.3) is 0 Å². The van der Waals surface area contributed by atoms with Gasteiger partial charge in [0.15, 0.2) is 5.13 Å². The first kappa shape index (κ1) is 27.5. The molecular weight excluding hydrogens is 536 g/mol. The Labute approximate surface area is 187 Å². The maximum absolute atomic E-state index is 11.6. The lowest BCUT2D eigenvalue weighted by Gasteiger charge is -2.34. The molecule has 1 amide bonds. The summed E-state index contributed by atoms with van der Waals surface area (Å²) in [7, 11) is 1.88. The highest BCUT2D eigenvalue weighted by Crippen LogP contribution is 2.24. The molecule has 0 bridgehead atoms.